The Labute approximate surface area is 156 Å². The molecule has 1 aromatic heterocycles. The molecule has 3 N–H and O–H groups in total. The van der Waals surface area contributed by atoms with E-state index in [0.29, 0.717) is 18.3 Å². The lowest BCUT2D eigenvalue weighted by Gasteiger charge is -2.11. The van der Waals surface area contributed by atoms with Gasteiger partial charge in [0.25, 0.3) is 0 Å². The van der Waals surface area contributed by atoms with Gasteiger partial charge >= 0.3 is 0 Å². The van der Waals surface area contributed by atoms with E-state index < -0.39 is 0 Å². The first-order valence-electron chi connectivity index (χ1n) is 8.78. The molecule has 1 rings (SSSR count). The fourth-order valence-corrected chi connectivity index (χ4v) is 2.17. The molecule has 0 aliphatic heterocycles. The number of aromatic nitrogens is 1. The van der Waals surface area contributed by atoms with Crippen LogP contribution < -0.4 is 11.1 Å². The minimum atomic E-state index is 0.317. The lowest BCUT2D eigenvalue weighted by atomic mass is 10.1. The van der Waals surface area contributed by atoms with E-state index in [9.17, 15) is 4.79 Å². The summed E-state index contributed by atoms with van der Waals surface area (Å²) in [6.07, 6.45) is 12.0. The molecule has 0 aromatic carbocycles. The highest BCUT2D eigenvalue weighted by Gasteiger charge is 2.02. The van der Waals surface area contributed by atoms with Crippen LogP contribution in [-0.4, -0.2) is 35.1 Å². The minimum Gasteiger partial charge on any atom is -0.404 e. The van der Waals surface area contributed by atoms with Gasteiger partial charge in [-0.1, -0.05) is 13.0 Å². The van der Waals surface area contributed by atoms with E-state index in [-0.39, 0.29) is 0 Å². The second kappa shape index (κ2) is 11.6. The summed E-state index contributed by atoms with van der Waals surface area (Å²) in [5.41, 5.74) is 8.04. The summed E-state index contributed by atoms with van der Waals surface area (Å²) in [5.74, 6) is 0.813. The number of aliphatic imine (C=N–C) groups is 1. The van der Waals surface area contributed by atoms with Gasteiger partial charge in [-0.25, -0.2) is 4.98 Å². The monoisotopic (exact) mass is 355 g/mol. The van der Waals surface area contributed by atoms with Gasteiger partial charge in [0.05, 0.1) is 5.70 Å². The molecule has 0 aliphatic rings. The van der Waals surface area contributed by atoms with Crippen LogP contribution in [0.15, 0.2) is 53.6 Å². The summed E-state index contributed by atoms with van der Waals surface area (Å²) >= 11 is 0. The zero-order valence-electron chi connectivity index (χ0n) is 16.0. The largest absolute Gasteiger partial charge is 0.404 e. The number of nitrogens with two attached hydrogens (primary N) is 1. The SMILES string of the molecule is C/C=C\C(=C/N(C=O)CCC)N=CC(=CN)c1ccc(NC(C)C)nc1. The van der Waals surface area contributed by atoms with Gasteiger partial charge in [0.2, 0.25) is 6.41 Å². The highest BCUT2D eigenvalue weighted by molar-refractivity contribution is 6.09. The summed E-state index contributed by atoms with van der Waals surface area (Å²) in [7, 11) is 0. The van der Waals surface area contributed by atoms with Crippen molar-refractivity contribution in [2.75, 3.05) is 11.9 Å². The van der Waals surface area contributed by atoms with Gasteiger partial charge in [-0.15, -0.1) is 0 Å². The van der Waals surface area contributed by atoms with Crippen LogP contribution in [-0.2, 0) is 4.79 Å². The highest BCUT2D eigenvalue weighted by atomic mass is 16.1. The van der Waals surface area contributed by atoms with Crippen molar-refractivity contribution in [2.24, 2.45) is 10.7 Å². The number of carbonyl (C=O) groups is 1. The second-order valence-corrected chi connectivity index (χ2v) is 6.01. The number of hydrogen-bond donors (Lipinski definition) is 2. The van der Waals surface area contributed by atoms with Crippen LogP contribution in [0.4, 0.5) is 5.82 Å². The molecule has 26 heavy (non-hydrogen) atoms. The maximum absolute atomic E-state index is 11.1. The molecular weight excluding hydrogens is 326 g/mol. The van der Waals surface area contributed by atoms with Crippen LogP contribution in [0, 0.1) is 0 Å². The van der Waals surface area contributed by atoms with Crippen LogP contribution in [0.1, 0.15) is 39.7 Å². The van der Waals surface area contributed by atoms with E-state index in [1.807, 2.05) is 38.1 Å². The quantitative estimate of drug-likeness (QED) is 0.382. The highest BCUT2D eigenvalue weighted by Crippen LogP contribution is 2.14. The number of nitrogens with one attached hydrogen (secondary N) is 1. The smallest absolute Gasteiger partial charge is 0.213 e. The molecule has 0 unspecified atom stereocenters. The van der Waals surface area contributed by atoms with E-state index in [1.54, 1.807) is 23.5 Å². The topological polar surface area (TPSA) is 83.6 Å². The van der Waals surface area contributed by atoms with Crippen LogP contribution in [0.3, 0.4) is 0 Å². The van der Waals surface area contributed by atoms with E-state index >= 15 is 0 Å². The number of carbonyl (C=O) groups excluding carboxylic acids is 1. The first-order valence-corrected chi connectivity index (χ1v) is 8.78. The number of nitrogens with zero attached hydrogens (tertiary/aromatic N) is 3. The van der Waals surface area contributed by atoms with Crippen LogP contribution in [0.25, 0.3) is 5.57 Å². The fraction of sp³-hybridized carbons (Fsp3) is 0.350. The van der Waals surface area contributed by atoms with Gasteiger partial charge in [-0.05, 0) is 45.4 Å². The van der Waals surface area contributed by atoms with E-state index in [4.69, 9.17) is 5.73 Å². The summed E-state index contributed by atoms with van der Waals surface area (Å²) in [4.78, 5) is 21.5. The number of allylic oxidation sites excluding steroid dienone is 3. The Hall–Kier alpha value is -2.89. The second-order valence-electron chi connectivity index (χ2n) is 6.01. The first kappa shape index (κ1) is 21.2. The Morgan fingerprint density at radius 1 is 1.42 bits per heavy atom. The average Bonchev–Trinajstić information content (AvgIpc) is 2.62. The van der Waals surface area contributed by atoms with Crippen molar-refractivity contribution in [3.05, 3.63) is 54.1 Å². The third-order valence-electron chi connectivity index (χ3n) is 3.32. The molecule has 140 valence electrons. The molecule has 1 aromatic rings. The predicted molar refractivity (Wildman–Crippen MR) is 110 cm³/mol. The first-order chi connectivity index (χ1) is 12.5. The van der Waals surface area contributed by atoms with Crippen LogP contribution in [0.2, 0.25) is 0 Å². The van der Waals surface area contributed by atoms with Crippen molar-refractivity contribution in [3.8, 4) is 0 Å². The van der Waals surface area contributed by atoms with Crippen molar-refractivity contribution in [3.63, 3.8) is 0 Å². The molecule has 0 radical (unpaired) electrons. The van der Waals surface area contributed by atoms with Crippen molar-refractivity contribution in [1.29, 1.82) is 0 Å². The van der Waals surface area contributed by atoms with E-state index in [2.05, 4.69) is 29.1 Å². The molecule has 6 heteroatoms. The zero-order chi connectivity index (χ0) is 19.4. The maximum Gasteiger partial charge on any atom is 0.213 e. The number of amides is 1. The molecule has 0 bridgehead atoms. The molecule has 0 aliphatic carbocycles. The predicted octanol–water partition coefficient (Wildman–Crippen LogP) is 3.56. The lowest BCUT2D eigenvalue weighted by Crippen LogP contribution is -2.16. The molecular formula is C20H29N5O. The fourth-order valence-electron chi connectivity index (χ4n) is 2.17. The summed E-state index contributed by atoms with van der Waals surface area (Å²) in [6.45, 7) is 8.68. The summed E-state index contributed by atoms with van der Waals surface area (Å²) in [5, 5.41) is 3.24. The van der Waals surface area contributed by atoms with Gasteiger partial charge in [0, 0.05) is 48.5 Å². The summed E-state index contributed by atoms with van der Waals surface area (Å²) < 4.78 is 0. The Bertz CT molecular complexity index is 672. The number of anilines is 1. The molecule has 0 atom stereocenters. The molecule has 0 fully saturated rings. The van der Waals surface area contributed by atoms with Crippen molar-refractivity contribution in [2.45, 2.75) is 40.2 Å². The van der Waals surface area contributed by atoms with Gasteiger partial charge in [-0.2, -0.15) is 0 Å². The van der Waals surface area contributed by atoms with Crippen molar-refractivity contribution < 1.29 is 4.79 Å². The number of pyridine rings is 1. The molecule has 0 saturated heterocycles. The third kappa shape index (κ3) is 7.34. The minimum absolute atomic E-state index is 0.317. The number of hydrogen-bond acceptors (Lipinski definition) is 5. The standard InChI is InChI=1S/C20H29N5O/c1-5-7-19(14-25(15-26)10-6-2)22-13-18(11-21)17-8-9-20(23-12-17)24-16(3)4/h5,7-9,11-16H,6,10,21H2,1-4H3,(H,23,24)/b7-5-,18-11?,19-14+,22-13?. The van der Waals surface area contributed by atoms with E-state index in [1.165, 1.54) is 6.20 Å². The van der Waals surface area contributed by atoms with Crippen LogP contribution in [0.5, 0.6) is 0 Å². The molecule has 0 spiro atoms. The Balaban J connectivity index is 2.99. The Kier molecular flexibility index (Phi) is 9.46. The molecule has 1 heterocycles. The number of rotatable bonds is 10. The summed E-state index contributed by atoms with van der Waals surface area (Å²) in [6, 6.07) is 4.16. The third-order valence-corrected chi connectivity index (χ3v) is 3.32. The van der Waals surface area contributed by atoms with Crippen molar-refractivity contribution in [1.82, 2.24) is 9.88 Å². The van der Waals surface area contributed by atoms with Gasteiger partial charge in [0.15, 0.2) is 0 Å². The Morgan fingerprint density at radius 2 is 2.19 bits per heavy atom. The normalized spacial score (nSPS) is 13.0. The van der Waals surface area contributed by atoms with Gasteiger partial charge in [0.1, 0.15) is 5.82 Å². The Morgan fingerprint density at radius 3 is 2.69 bits per heavy atom. The van der Waals surface area contributed by atoms with Gasteiger partial charge in [-0.3, -0.25) is 9.79 Å². The zero-order valence-corrected chi connectivity index (χ0v) is 16.0. The van der Waals surface area contributed by atoms with Gasteiger partial charge < -0.3 is 16.0 Å². The molecule has 1 amide bonds. The van der Waals surface area contributed by atoms with E-state index in [0.717, 1.165) is 29.8 Å². The molecule has 0 saturated carbocycles. The van der Waals surface area contributed by atoms with Crippen molar-refractivity contribution >= 4 is 24.0 Å². The average molecular weight is 355 g/mol. The van der Waals surface area contributed by atoms with Crippen LogP contribution >= 0.6 is 0 Å². The maximum atomic E-state index is 11.1. The lowest BCUT2D eigenvalue weighted by molar-refractivity contribution is -0.115. The molecule has 6 nitrogen and oxygen atoms in total.